The largest absolute Gasteiger partial charge is 0.308 e. The minimum atomic E-state index is -0.148. The summed E-state index contributed by atoms with van der Waals surface area (Å²) in [5, 5.41) is 3.56. The van der Waals surface area contributed by atoms with Crippen molar-refractivity contribution in [3.8, 4) is 0 Å². The summed E-state index contributed by atoms with van der Waals surface area (Å²) in [5.41, 5.74) is 3.56. The maximum atomic E-state index is 13.4. The molecule has 1 aliphatic rings. The van der Waals surface area contributed by atoms with Gasteiger partial charge in [-0.2, -0.15) is 0 Å². The molecule has 1 unspecified atom stereocenters. The molecule has 0 bridgehead atoms. The lowest BCUT2D eigenvalue weighted by atomic mass is 10.0. The standard InChI is InChI=1S/C18H21FN2/c1-14-7-8-17(19)11-16(14)12-21-10-9-20-18(13-21)15-5-3-2-4-6-15/h2-8,11,18,20H,9-10,12-13H2,1H3. The highest BCUT2D eigenvalue weighted by Crippen LogP contribution is 2.20. The highest BCUT2D eigenvalue weighted by atomic mass is 19.1. The molecule has 0 aliphatic carbocycles. The van der Waals surface area contributed by atoms with Crippen LogP contribution in [-0.4, -0.2) is 24.5 Å². The van der Waals surface area contributed by atoms with E-state index in [9.17, 15) is 4.39 Å². The zero-order valence-corrected chi connectivity index (χ0v) is 12.3. The summed E-state index contributed by atoms with van der Waals surface area (Å²) in [6.45, 7) is 5.79. The van der Waals surface area contributed by atoms with Gasteiger partial charge in [-0.15, -0.1) is 0 Å². The fraction of sp³-hybridized carbons (Fsp3) is 0.333. The van der Waals surface area contributed by atoms with Gasteiger partial charge in [-0.1, -0.05) is 36.4 Å². The van der Waals surface area contributed by atoms with Gasteiger partial charge in [0.1, 0.15) is 5.82 Å². The van der Waals surface area contributed by atoms with Crippen LogP contribution in [0.15, 0.2) is 48.5 Å². The summed E-state index contributed by atoms with van der Waals surface area (Å²) < 4.78 is 13.4. The molecular weight excluding hydrogens is 263 g/mol. The molecule has 1 aliphatic heterocycles. The molecule has 1 N–H and O–H groups in total. The molecule has 0 aromatic heterocycles. The van der Waals surface area contributed by atoms with Crippen molar-refractivity contribution in [3.05, 3.63) is 71.0 Å². The lowest BCUT2D eigenvalue weighted by Gasteiger charge is -2.34. The normalized spacial score (nSPS) is 19.6. The number of aryl methyl sites for hydroxylation is 1. The number of hydrogen-bond donors (Lipinski definition) is 1. The highest BCUT2D eigenvalue weighted by molar-refractivity contribution is 5.27. The molecule has 3 rings (SSSR count). The van der Waals surface area contributed by atoms with Crippen LogP contribution in [0.5, 0.6) is 0 Å². The lowest BCUT2D eigenvalue weighted by molar-refractivity contribution is 0.193. The van der Waals surface area contributed by atoms with Crippen LogP contribution in [0.4, 0.5) is 4.39 Å². The molecule has 0 radical (unpaired) electrons. The van der Waals surface area contributed by atoms with Gasteiger partial charge < -0.3 is 5.32 Å². The molecule has 1 saturated heterocycles. The van der Waals surface area contributed by atoms with E-state index in [4.69, 9.17) is 0 Å². The predicted molar refractivity (Wildman–Crippen MR) is 83.6 cm³/mol. The molecule has 2 aromatic carbocycles. The quantitative estimate of drug-likeness (QED) is 0.930. The second-order valence-electron chi connectivity index (χ2n) is 5.72. The SMILES string of the molecule is Cc1ccc(F)cc1CN1CCNC(c2ccccc2)C1. The number of hydrogen-bond acceptors (Lipinski definition) is 2. The zero-order valence-electron chi connectivity index (χ0n) is 12.3. The van der Waals surface area contributed by atoms with E-state index in [1.807, 2.05) is 19.1 Å². The molecular formula is C18H21FN2. The third-order valence-electron chi connectivity index (χ3n) is 4.17. The van der Waals surface area contributed by atoms with Crippen LogP contribution in [0, 0.1) is 12.7 Å². The molecule has 2 aromatic rings. The predicted octanol–water partition coefficient (Wildman–Crippen LogP) is 3.28. The fourth-order valence-electron chi connectivity index (χ4n) is 2.91. The molecule has 2 nitrogen and oxygen atoms in total. The minimum Gasteiger partial charge on any atom is -0.308 e. The Morgan fingerprint density at radius 3 is 2.81 bits per heavy atom. The molecule has 1 atom stereocenters. The fourth-order valence-corrected chi connectivity index (χ4v) is 2.91. The van der Waals surface area contributed by atoms with Crippen LogP contribution in [0.3, 0.4) is 0 Å². The molecule has 1 fully saturated rings. The highest BCUT2D eigenvalue weighted by Gasteiger charge is 2.20. The molecule has 0 spiro atoms. The Balaban J connectivity index is 1.70. The van der Waals surface area contributed by atoms with Gasteiger partial charge in [0.05, 0.1) is 0 Å². The number of rotatable bonds is 3. The number of piperazine rings is 1. The molecule has 21 heavy (non-hydrogen) atoms. The van der Waals surface area contributed by atoms with Crippen LogP contribution in [-0.2, 0) is 6.54 Å². The monoisotopic (exact) mass is 284 g/mol. The van der Waals surface area contributed by atoms with E-state index in [0.717, 1.165) is 37.3 Å². The molecule has 0 amide bonds. The second kappa shape index (κ2) is 6.37. The molecule has 3 heteroatoms. The summed E-state index contributed by atoms with van der Waals surface area (Å²) in [4.78, 5) is 2.40. The Kier molecular flexibility index (Phi) is 4.32. The maximum absolute atomic E-state index is 13.4. The summed E-state index contributed by atoms with van der Waals surface area (Å²) in [5.74, 6) is -0.148. The summed E-state index contributed by atoms with van der Waals surface area (Å²) >= 11 is 0. The smallest absolute Gasteiger partial charge is 0.123 e. The lowest BCUT2D eigenvalue weighted by Crippen LogP contribution is -2.45. The number of nitrogens with one attached hydrogen (secondary N) is 1. The Hall–Kier alpha value is -1.71. The number of halogens is 1. The van der Waals surface area contributed by atoms with Crippen molar-refractivity contribution in [2.45, 2.75) is 19.5 Å². The first-order valence-corrected chi connectivity index (χ1v) is 7.48. The Morgan fingerprint density at radius 2 is 2.00 bits per heavy atom. The second-order valence-corrected chi connectivity index (χ2v) is 5.72. The van der Waals surface area contributed by atoms with Crippen molar-refractivity contribution in [2.75, 3.05) is 19.6 Å². The van der Waals surface area contributed by atoms with E-state index in [2.05, 4.69) is 34.5 Å². The Bertz CT molecular complexity index is 597. The third kappa shape index (κ3) is 3.49. The van der Waals surface area contributed by atoms with Crippen LogP contribution in [0.25, 0.3) is 0 Å². The average molecular weight is 284 g/mol. The van der Waals surface area contributed by atoms with Gasteiger partial charge in [0.25, 0.3) is 0 Å². The van der Waals surface area contributed by atoms with E-state index in [1.54, 1.807) is 6.07 Å². The van der Waals surface area contributed by atoms with Gasteiger partial charge in [0.15, 0.2) is 0 Å². The van der Waals surface area contributed by atoms with Crippen molar-refractivity contribution in [3.63, 3.8) is 0 Å². The van der Waals surface area contributed by atoms with Crippen molar-refractivity contribution in [2.24, 2.45) is 0 Å². The van der Waals surface area contributed by atoms with Crippen molar-refractivity contribution in [1.82, 2.24) is 10.2 Å². The number of benzene rings is 2. The first-order chi connectivity index (χ1) is 10.2. The van der Waals surface area contributed by atoms with Gasteiger partial charge in [-0.05, 0) is 35.7 Å². The number of nitrogens with zero attached hydrogens (tertiary/aromatic N) is 1. The Morgan fingerprint density at radius 1 is 1.19 bits per heavy atom. The molecule has 1 heterocycles. The summed E-state index contributed by atoms with van der Waals surface area (Å²) in [6.07, 6.45) is 0. The topological polar surface area (TPSA) is 15.3 Å². The molecule has 110 valence electrons. The van der Waals surface area contributed by atoms with Gasteiger partial charge in [0.2, 0.25) is 0 Å². The first-order valence-electron chi connectivity index (χ1n) is 7.48. The van der Waals surface area contributed by atoms with E-state index >= 15 is 0 Å². The van der Waals surface area contributed by atoms with Crippen LogP contribution in [0.2, 0.25) is 0 Å². The zero-order chi connectivity index (χ0) is 14.7. The average Bonchev–Trinajstić information content (AvgIpc) is 2.52. The van der Waals surface area contributed by atoms with Gasteiger partial charge >= 0.3 is 0 Å². The van der Waals surface area contributed by atoms with Crippen LogP contribution < -0.4 is 5.32 Å². The van der Waals surface area contributed by atoms with Gasteiger partial charge in [0, 0.05) is 32.2 Å². The van der Waals surface area contributed by atoms with Crippen LogP contribution >= 0.6 is 0 Å². The minimum absolute atomic E-state index is 0.148. The van der Waals surface area contributed by atoms with E-state index in [1.165, 1.54) is 11.6 Å². The maximum Gasteiger partial charge on any atom is 0.123 e. The Labute approximate surface area is 125 Å². The van der Waals surface area contributed by atoms with E-state index in [0.29, 0.717) is 6.04 Å². The van der Waals surface area contributed by atoms with Crippen molar-refractivity contribution >= 4 is 0 Å². The van der Waals surface area contributed by atoms with Gasteiger partial charge in [-0.3, -0.25) is 4.90 Å². The van der Waals surface area contributed by atoms with E-state index in [-0.39, 0.29) is 5.82 Å². The van der Waals surface area contributed by atoms with Crippen molar-refractivity contribution in [1.29, 1.82) is 0 Å². The molecule has 0 saturated carbocycles. The van der Waals surface area contributed by atoms with Gasteiger partial charge in [-0.25, -0.2) is 4.39 Å². The van der Waals surface area contributed by atoms with E-state index < -0.39 is 0 Å². The third-order valence-corrected chi connectivity index (χ3v) is 4.17. The van der Waals surface area contributed by atoms with Crippen LogP contribution in [0.1, 0.15) is 22.7 Å². The van der Waals surface area contributed by atoms with Crippen molar-refractivity contribution < 1.29 is 4.39 Å². The summed E-state index contributed by atoms with van der Waals surface area (Å²) in [7, 11) is 0. The first kappa shape index (κ1) is 14.2. The summed E-state index contributed by atoms with van der Waals surface area (Å²) in [6, 6.07) is 15.9.